The first kappa shape index (κ1) is 14.1. The number of carbonyl (C=O) groups excluding carboxylic acids is 1. The van der Waals surface area contributed by atoms with Crippen molar-refractivity contribution in [2.24, 2.45) is 11.7 Å². The molecule has 19 heavy (non-hydrogen) atoms. The first-order chi connectivity index (χ1) is 9.19. The molecule has 0 aromatic heterocycles. The van der Waals surface area contributed by atoms with E-state index in [0.717, 1.165) is 19.3 Å². The molecule has 104 valence electrons. The quantitative estimate of drug-likeness (QED) is 0.852. The maximum absolute atomic E-state index is 11.9. The van der Waals surface area contributed by atoms with Gasteiger partial charge >= 0.3 is 0 Å². The second kappa shape index (κ2) is 6.71. The fraction of sp³-hybridized carbons (Fsp3) is 0.562. The van der Waals surface area contributed by atoms with Crippen molar-refractivity contribution in [2.75, 3.05) is 6.54 Å². The Kier molecular flexibility index (Phi) is 4.97. The predicted molar refractivity (Wildman–Crippen MR) is 77.8 cm³/mol. The molecule has 0 radical (unpaired) electrons. The minimum absolute atomic E-state index is 0.158. The number of carbonyl (C=O) groups is 1. The van der Waals surface area contributed by atoms with Crippen LogP contribution in [0.5, 0.6) is 0 Å². The van der Waals surface area contributed by atoms with Crippen LogP contribution in [0.3, 0.4) is 0 Å². The van der Waals surface area contributed by atoms with Gasteiger partial charge in [-0.2, -0.15) is 0 Å². The molecule has 3 nitrogen and oxygen atoms in total. The van der Waals surface area contributed by atoms with Crippen LogP contribution in [0, 0.1) is 12.8 Å². The van der Waals surface area contributed by atoms with E-state index in [4.69, 9.17) is 5.73 Å². The van der Waals surface area contributed by atoms with Gasteiger partial charge in [0.25, 0.3) is 0 Å². The Hall–Kier alpha value is -1.35. The average molecular weight is 260 g/mol. The number of nitrogens with two attached hydrogens (primary N) is 1. The van der Waals surface area contributed by atoms with Gasteiger partial charge in [0, 0.05) is 12.5 Å². The van der Waals surface area contributed by atoms with E-state index in [-0.39, 0.29) is 5.91 Å². The van der Waals surface area contributed by atoms with Crippen LogP contribution in [0.1, 0.15) is 36.8 Å². The van der Waals surface area contributed by atoms with Gasteiger partial charge in [0.1, 0.15) is 0 Å². The van der Waals surface area contributed by atoms with Crippen molar-refractivity contribution >= 4 is 5.91 Å². The topological polar surface area (TPSA) is 55.1 Å². The van der Waals surface area contributed by atoms with Gasteiger partial charge in [-0.05, 0) is 44.2 Å². The molecule has 1 aromatic rings. The van der Waals surface area contributed by atoms with Crippen LogP contribution in [0.4, 0.5) is 0 Å². The van der Waals surface area contributed by atoms with Gasteiger partial charge in [-0.25, -0.2) is 0 Å². The first-order valence-electron chi connectivity index (χ1n) is 7.24. The Morgan fingerprint density at radius 2 is 2.05 bits per heavy atom. The van der Waals surface area contributed by atoms with Gasteiger partial charge in [0.15, 0.2) is 0 Å². The lowest BCUT2D eigenvalue weighted by molar-refractivity contribution is -0.122. The van der Waals surface area contributed by atoms with Crippen LogP contribution in [-0.4, -0.2) is 18.5 Å². The van der Waals surface area contributed by atoms with Gasteiger partial charge < -0.3 is 11.1 Å². The summed E-state index contributed by atoms with van der Waals surface area (Å²) >= 11 is 0. The molecule has 0 heterocycles. The summed E-state index contributed by atoms with van der Waals surface area (Å²) in [4.78, 5) is 11.9. The maximum Gasteiger partial charge on any atom is 0.220 e. The summed E-state index contributed by atoms with van der Waals surface area (Å²) in [5.41, 5.74) is 8.21. The van der Waals surface area contributed by atoms with Gasteiger partial charge in [-0.1, -0.05) is 36.2 Å². The lowest BCUT2D eigenvalue weighted by Gasteiger charge is -2.19. The largest absolute Gasteiger partial charge is 0.353 e. The molecular formula is C16H24N2O. The van der Waals surface area contributed by atoms with Crippen molar-refractivity contribution in [3.8, 4) is 0 Å². The number of amides is 1. The van der Waals surface area contributed by atoms with Crippen LogP contribution in [0.15, 0.2) is 24.3 Å². The average Bonchev–Trinajstić information content (AvgIpc) is 2.85. The van der Waals surface area contributed by atoms with Gasteiger partial charge in [-0.3, -0.25) is 4.79 Å². The van der Waals surface area contributed by atoms with Crippen LogP contribution >= 0.6 is 0 Å². The molecular weight excluding hydrogens is 236 g/mol. The molecule has 1 amide bonds. The molecule has 3 N–H and O–H groups in total. The molecule has 2 atom stereocenters. The summed E-state index contributed by atoms with van der Waals surface area (Å²) in [6.07, 6.45) is 4.80. The zero-order chi connectivity index (χ0) is 13.7. The molecule has 2 rings (SSSR count). The Morgan fingerprint density at radius 3 is 2.74 bits per heavy atom. The van der Waals surface area contributed by atoms with Crippen LogP contribution in [0.2, 0.25) is 0 Å². The molecule has 1 aliphatic carbocycles. The van der Waals surface area contributed by atoms with Gasteiger partial charge in [-0.15, -0.1) is 0 Å². The standard InChI is InChI=1S/C16H24N2O/c1-12-5-7-13(8-6-12)9-10-16(19)18-15-4-2-3-14(15)11-17/h5-8,14-15H,2-4,9-11,17H2,1H3,(H,18,19). The highest BCUT2D eigenvalue weighted by atomic mass is 16.1. The third kappa shape index (κ3) is 4.06. The van der Waals surface area contributed by atoms with E-state index in [0.29, 0.717) is 24.9 Å². The SMILES string of the molecule is Cc1ccc(CCC(=O)NC2CCCC2CN)cc1. The van der Waals surface area contributed by atoms with E-state index >= 15 is 0 Å². The highest BCUT2D eigenvalue weighted by Crippen LogP contribution is 2.24. The lowest BCUT2D eigenvalue weighted by Crippen LogP contribution is -2.39. The molecule has 2 unspecified atom stereocenters. The molecule has 1 saturated carbocycles. The van der Waals surface area contributed by atoms with Crippen molar-refractivity contribution in [1.82, 2.24) is 5.32 Å². The van der Waals surface area contributed by atoms with E-state index in [1.807, 2.05) is 0 Å². The fourth-order valence-corrected chi connectivity index (χ4v) is 2.80. The van der Waals surface area contributed by atoms with Crippen LogP contribution in [-0.2, 0) is 11.2 Å². The second-order valence-electron chi connectivity index (χ2n) is 5.59. The molecule has 1 aliphatic rings. The maximum atomic E-state index is 11.9. The highest BCUT2D eigenvalue weighted by Gasteiger charge is 2.26. The van der Waals surface area contributed by atoms with E-state index in [1.54, 1.807) is 0 Å². The predicted octanol–water partition coefficient (Wildman–Crippen LogP) is 2.17. The summed E-state index contributed by atoms with van der Waals surface area (Å²) in [6, 6.07) is 8.68. The summed E-state index contributed by atoms with van der Waals surface area (Å²) in [5.74, 6) is 0.634. The molecule has 0 saturated heterocycles. The number of benzene rings is 1. The third-order valence-electron chi connectivity index (χ3n) is 4.07. The molecule has 1 fully saturated rings. The normalized spacial score (nSPS) is 22.4. The monoisotopic (exact) mass is 260 g/mol. The van der Waals surface area contributed by atoms with E-state index in [9.17, 15) is 4.79 Å². The highest BCUT2D eigenvalue weighted by molar-refractivity contribution is 5.76. The van der Waals surface area contributed by atoms with Gasteiger partial charge in [0.05, 0.1) is 0 Å². The Bertz CT molecular complexity index is 413. The molecule has 0 spiro atoms. The van der Waals surface area contributed by atoms with E-state index in [1.165, 1.54) is 17.5 Å². The molecule has 0 aliphatic heterocycles. The Labute approximate surface area is 115 Å². The number of nitrogens with one attached hydrogen (secondary N) is 1. The zero-order valence-corrected chi connectivity index (χ0v) is 11.7. The number of hydrogen-bond acceptors (Lipinski definition) is 2. The van der Waals surface area contributed by atoms with Crippen molar-refractivity contribution in [2.45, 2.75) is 45.1 Å². The summed E-state index contributed by atoms with van der Waals surface area (Å²) in [7, 11) is 0. The molecule has 3 heteroatoms. The number of rotatable bonds is 5. The number of aryl methyl sites for hydroxylation is 2. The molecule has 0 bridgehead atoms. The van der Waals surface area contributed by atoms with Crippen molar-refractivity contribution in [3.05, 3.63) is 35.4 Å². The first-order valence-corrected chi connectivity index (χ1v) is 7.24. The van der Waals surface area contributed by atoms with E-state index < -0.39 is 0 Å². The van der Waals surface area contributed by atoms with Crippen molar-refractivity contribution in [3.63, 3.8) is 0 Å². The second-order valence-corrected chi connectivity index (χ2v) is 5.59. The fourth-order valence-electron chi connectivity index (χ4n) is 2.80. The summed E-state index contributed by atoms with van der Waals surface area (Å²) in [6.45, 7) is 2.76. The lowest BCUT2D eigenvalue weighted by atomic mass is 10.0. The van der Waals surface area contributed by atoms with Crippen LogP contribution in [0.25, 0.3) is 0 Å². The van der Waals surface area contributed by atoms with E-state index in [2.05, 4.69) is 36.5 Å². The summed E-state index contributed by atoms with van der Waals surface area (Å²) < 4.78 is 0. The minimum atomic E-state index is 0.158. The summed E-state index contributed by atoms with van der Waals surface area (Å²) in [5, 5.41) is 3.14. The van der Waals surface area contributed by atoms with Gasteiger partial charge in [0.2, 0.25) is 5.91 Å². The van der Waals surface area contributed by atoms with Crippen molar-refractivity contribution < 1.29 is 4.79 Å². The Morgan fingerprint density at radius 1 is 1.32 bits per heavy atom. The smallest absolute Gasteiger partial charge is 0.220 e. The zero-order valence-electron chi connectivity index (χ0n) is 11.7. The minimum Gasteiger partial charge on any atom is -0.353 e. The number of hydrogen-bond donors (Lipinski definition) is 2. The third-order valence-corrected chi connectivity index (χ3v) is 4.07. The van der Waals surface area contributed by atoms with Crippen LogP contribution < -0.4 is 11.1 Å². The molecule has 1 aromatic carbocycles. The van der Waals surface area contributed by atoms with Crippen molar-refractivity contribution in [1.29, 1.82) is 0 Å². The Balaban J connectivity index is 1.77.